The minimum atomic E-state index is -0.740. The Hall–Kier alpha value is -6.44. The van der Waals surface area contributed by atoms with E-state index >= 15 is 0 Å². The van der Waals surface area contributed by atoms with E-state index in [0.29, 0.717) is 21.9 Å². The van der Waals surface area contributed by atoms with Crippen LogP contribution in [0.3, 0.4) is 0 Å². The summed E-state index contributed by atoms with van der Waals surface area (Å²) >= 11 is 0. The number of rotatable bonds is 4. The smallest absolute Gasteiger partial charge is 0.136 e. The van der Waals surface area contributed by atoms with Crippen LogP contribution in [0, 0.1) is 0 Å². The van der Waals surface area contributed by atoms with Crippen molar-refractivity contribution in [2.24, 2.45) is 0 Å². The van der Waals surface area contributed by atoms with E-state index in [0.717, 1.165) is 49.0 Å². The van der Waals surface area contributed by atoms with Gasteiger partial charge in [0.15, 0.2) is 0 Å². The van der Waals surface area contributed by atoms with Gasteiger partial charge in [-0.1, -0.05) is 157 Å². The normalized spacial score (nSPS) is 15.4. The molecule has 0 fully saturated rings. The fraction of sp³-hybridized carbons (Fsp3) is 0. The summed E-state index contributed by atoms with van der Waals surface area (Å²) in [4.78, 5) is 0. The van der Waals surface area contributed by atoms with Gasteiger partial charge in [0.05, 0.1) is 17.8 Å². The first-order valence-electron chi connectivity index (χ1n) is 22.3. The van der Waals surface area contributed by atoms with Gasteiger partial charge in [0.25, 0.3) is 0 Å². The van der Waals surface area contributed by atoms with Crippen LogP contribution in [0.2, 0.25) is 0 Å². The van der Waals surface area contributed by atoms with Crippen molar-refractivity contribution in [1.29, 1.82) is 0 Å². The van der Waals surface area contributed by atoms with E-state index in [1.54, 1.807) is 0 Å². The molecule has 228 valence electrons. The standard InChI is InChI=1S/C48H30O/c1-3-14-31(15-4-1)36-27-26-35(29-42(36)32-16-5-2-6-17-32)46-37-20-9-11-22-39(37)47(40-23-12-10-21-38(40)46)41-24-13-25-44-48(41)43-28-33-18-7-8-19-34(33)30-45(43)49-44/h1-30H/i1D,2D,3D,4D,5D,6D,14D,15D,16D,17D,26D,27D,29D. The molecule has 0 aliphatic heterocycles. The zero-order valence-corrected chi connectivity index (χ0v) is 25.7. The summed E-state index contributed by atoms with van der Waals surface area (Å²) in [6, 6.07) is 24.0. The molecular formula is C48H30O. The molecular weight excluding hydrogens is 593 g/mol. The maximum Gasteiger partial charge on any atom is 0.136 e. The summed E-state index contributed by atoms with van der Waals surface area (Å²) in [7, 11) is 0. The van der Waals surface area contributed by atoms with Crippen LogP contribution in [0.15, 0.2) is 186 Å². The van der Waals surface area contributed by atoms with Crippen molar-refractivity contribution in [3.8, 4) is 44.5 Å². The molecule has 0 bridgehead atoms. The lowest BCUT2D eigenvalue weighted by Gasteiger charge is -2.19. The molecule has 0 aliphatic carbocycles. The third-order valence-electron chi connectivity index (χ3n) is 9.13. The molecule has 1 heterocycles. The Kier molecular flexibility index (Phi) is 3.99. The third kappa shape index (κ3) is 4.40. The number of furan rings is 1. The molecule has 0 saturated heterocycles. The minimum Gasteiger partial charge on any atom is -0.456 e. The Morgan fingerprint density at radius 2 is 0.959 bits per heavy atom. The molecule has 0 spiro atoms. The monoisotopic (exact) mass is 635 g/mol. The van der Waals surface area contributed by atoms with Crippen molar-refractivity contribution in [3.05, 3.63) is 182 Å². The lowest BCUT2D eigenvalue weighted by Crippen LogP contribution is -1.93. The molecule has 0 N–H and O–H groups in total. The highest BCUT2D eigenvalue weighted by atomic mass is 16.3. The fourth-order valence-corrected chi connectivity index (χ4v) is 7.06. The van der Waals surface area contributed by atoms with E-state index in [-0.39, 0.29) is 5.56 Å². The van der Waals surface area contributed by atoms with E-state index in [9.17, 15) is 4.11 Å². The highest BCUT2D eigenvalue weighted by molar-refractivity contribution is 6.26. The van der Waals surface area contributed by atoms with Gasteiger partial charge in [-0.15, -0.1) is 0 Å². The minimum absolute atomic E-state index is 0.106. The van der Waals surface area contributed by atoms with Gasteiger partial charge in [-0.05, 0) is 101 Å². The van der Waals surface area contributed by atoms with Crippen LogP contribution in [-0.4, -0.2) is 0 Å². The van der Waals surface area contributed by atoms with E-state index in [1.807, 2.05) is 91.0 Å². The Labute approximate surface area is 302 Å². The number of hydrogen-bond donors (Lipinski definition) is 0. The predicted octanol–water partition coefficient (Wildman–Crippen LogP) is 13.7. The topological polar surface area (TPSA) is 13.1 Å². The maximum absolute atomic E-state index is 10.0. The number of fused-ring (bicyclic) bond motifs is 6. The Bertz CT molecular complexity index is 3510. The summed E-state index contributed by atoms with van der Waals surface area (Å²) in [5.74, 6) is 0. The van der Waals surface area contributed by atoms with Crippen LogP contribution < -0.4 is 0 Å². The van der Waals surface area contributed by atoms with Crippen molar-refractivity contribution < 1.29 is 22.2 Å². The summed E-state index contributed by atoms with van der Waals surface area (Å²) in [6.07, 6.45) is 0. The van der Waals surface area contributed by atoms with Crippen LogP contribution in [0.1, 0.15) is 17.8 Å². The van der Waals surface area contributed by atoms with Gasteiger partial charge in [0.2, 0.25) is 0 Å². The molecule has 0 aliphatic rings. The lowest BCUT2D eigenvalue weighted by atomic mass is 9.83. The van der Waals surface area contributed by atoms with Gasteiger partial charge < -0.3 is 4.42 Å². The summed E-state index contributed by atoms with van der Waals surface area (Å²) < 4.78 is 122. The number of benzene rings is 9. The predicted molar refractivity (Wildman–Crippen MR) is 208 cm³/mol. The first-order chi connectivity index (χ1) is 29.7. The fourth-order valence-electron chi connectivity index (χ4n) is 7.06. The van der Waals surface area contributed by atoms with Crippen molar-refractivity contribution in [3.63, 3.8) is 0 Å². The Balaban J connectivity index is 1.38. The Morgan fingerprint density at radius 3 is 1.61 bits per heavy atom. The van der Waals surface area contributed by atoms with Crippen LogP contribution >= 0.6 is 0 Å². The van der Waals surface area contributed by atoms with Crippen LogP contribution in [-0.2, 0) is 0 Å². The largest absolute Gasteiger partial charge is 0.456 e. The molecule has 0 saturated carbocycles. The zero-order valence-electron chi connectivity index (χ0n) is 38.7. The highest BCUT2D eigenvalue weighted by Crippen LogP contribution is 2.48. The molecule has 0 unspecified atom stereocenters. The van der Waals surface area contributed by atoms with Crippen LogP contribution in [0.5, 0.6) is 0 Å². The first-order valence-corrected chi connectivity index (χ1v) is 15.8. The first kappa shape index (κ1) is 17.6. The van der Waals surface area contributed by atoms with Gasteiger partial charge in [-0.3, -0.25) is 0 Å². The maximum atomic E-state index is 10.0. The van der Waals surface area contributed by atoms with Crippen molar-refractivity contribution in [2.75, 3.05) is 0 Å². The van der Waals surface area contributed by atoms with E-state index < -0.39 is 101 Å². The highest BCUT2D eigenvalue weighted by Gasteiger charge is 2.21. The summed E-state index contributed by atoms with van der Waals surface area (Å²) in [6.45, 7) is 0. The van der Waals surface area contributed by atoms with Crippen LogP contribution in [0.25, 0.3) is 98.8 Å². The molecule has 10 rings (SSSR count). The molecule has 0 atom stereocenters. The van der Waals surface area contributed by atoms with Crippen molar-refractivity contribution in [2.45, 2.75) is 0 Å². The second-order valence-corrected chi connectivity index (χ2v) is 11.8. The van der Waals surface area contributed by atoms with E-state index in [2.05, 4.69) is 12.1 Å². The summed E-state index contributed by atoms with van der Waals surface area (Å²) in [5, 5.41) is 6.51. The van der Waals surface area contributed by atoms with Gasteiger partial charge in [-0.2, -0.15) is 0 Å². The molecule has 0 radical (unpaired) electrons. The average molecular weight is 636 g/mol. The van der Waals surface area contributed by atoms with E-state index in [1.165, 1.54) is 0 Å². The molecule has 1 aromatic heterocycles. The SMILES string of the molecule is [2H]c1c([2H])c([2H])c(-c2c([2H])c([2H])c(-c3c4ccccc4c(-c4cccc5oc6cc7ccccc7cc6c45)c4ccccc34)c([2H])c2-c2c([2H])c([2H])c([2H])c([2H])c2[2H])c([2H])c1[2H]. The lowest BCUT2D eigenvalue weighted by molar-refractivity contribution is 0.669. The van der Waals surface area contributed by atoms with Gasteiger partial charge in [0.1, 0.15) is 11.2 Å². The van der Waals surface area contributed by atoms with Crippen molar-refractivity contribution >= 4 is 54.3 Å². The molecule has 9 aromatic carbocycles. The van der Waals surface area contributed by atoms with E-state index in [4.69, 9.17) is 18.1 Å². The molecule has 1 nitrogen and oxygen atoms in total. The zero-order chi connectivity index (χ0) is 43.6. The third-order valence-corrected chi connectivity index (χ3v) is 9.13. The quantitative estimate of drug-likeness (QED) is 0.175. The molecule has 49 heavy (non-hydrogen) atoms. The van der Waals surface area contributed by atoms with Crippen molar-refractivity contribution in [1.82, 2.24) is 0 Å². The van der Waals surface area contributed by atoms with Gasteiger partial charge >= 0.3 is 0 Å². The molecule has 10 aromatic rings. The van der Waals surface area contributed by atoms with Gasteiger partial charge in [0, 0.05) is 10.8 Å². The summed E-state index contributed by atoms with van der Waals surface area (Å²) in [5.41, 5.74) is 1.39. The second-order valence-electron chi connectivity index (χ2n) is 11.8. The second kappa shape index (κ2) is 11.1. The molecule has 0 amide bonds. The van der Waals surface area contributed by atoms with Gasteiger partial charge in [-0.25, -0.2) is 0 Å². The number of hydrogen-bond acceptors (Lipinski definition) is 1. The van der Waals surface area contributed by atoms with Crippen LogP contribution in [0.4, 0.5) is 0 Å². The average Bonchev–Trinajstić information content (AvgIpc) is 3.65. The Morgan fingerprint density at radius 1 is 0.388 bits per heavy atom. The molecule has 1 heteroatoms.